The Morgan fingerprint density at radius 3 is 2.85 bits per heavy atom. The molecule has 20 heavy (non-hydrogen) atoms. The highest BCUT2D eigenvalue weighted by Gasteiger charge is 2.14. The van der Waals surface area contributed by atoms with Gasteiger partial charge in [-0.3, -0.25) is 4.79 Å². The van der Waals surface area contributed by atoms with E-state index in [1.165, 1.54) is 7.11 Å². The van der Waals surface area contributed by atoms with Crippen LogP contribution >= 0.6 is 0 Å². The number of carbonyl (C=O) groups is 1. The normalized spacial score (nSPS) is 10.1. The summed E-state index contributed by atoms with van der Waals surface area (Å²) >= 11 is 0. The lowest BCUT2D eigenvalue weighted by Crippen LogP contribution is -2.31. The molecule has 1 heterocycles. The molecule has 0 aliphatic heterocycles. The Labute approximate surface area is 117 Å². The van der Waals surface area contributed by atoms with Gasteiger partial charge in [0.1, 0.15) is 12.4 Å². The number of hydrogen-bond donors (Lipinski definition) is 0. The van der Waals surface area contributed by atoms with Crippen LogP contribution in [0.1, 0.15) is 12.5 Å². The van der Waals surface area contributed by atoms with Gasteiger partial charge in [0.25, 0.3) is 0 Å². The van der Waals surface area contributed by atoms with Crippen LogP contribution in [0.2, 0.25) is 0 Å². The largest absolute Gasteiger partial charge is 0.468 e. The van der Waals surface area contributed by atoms with Crippen LogP contribution in [-0.4, -0.2) is 31.2 Å². The van der Waals surface area contributed by atoms with Crippen LogP contribution in [0.5, 0.6) is 0 Å². The fourth-order valence-corrected chi connectivity index (χ4v) is 1.99. The van der Waals surface area contributed by atoms with E-state index in [9.17, 15) is 10.1 Å². The molecule has 0 spiro atoms. The van der Waals surface area contributed by atoms with Crippen LogP contribution in [0.25, 0.3) is 10.9 Å². The first-order chi connectivity index (χ1) is 9.69. The summed E-state index contributed by atoms with van der Waals surface area (Å²) in [5.74, 6) is 0.272. The molecular formula is C15H15N3O2. The molecule has 0 amide bonds. The van der Waals surface area contributed by atoms with Gasteiger partial charge in [0, 0.05) is 11.9 Å². The van der Waals surface area contributed by atoms with Gasteiger partial charge in [0.2, 0.25) is 0 Å². The molecule has 0 unspecified atom stereocenters. The second-order valence-corrected chi connectivity index (χ2v) is 4.25. The molecule has 2 aromatic rings. The van der Waals surface area contributed by atoms with Crippen molar-refractivity contribution >= 4 is 22.7 Å². The van der Waals surface area contributed by atoms with E-state index in [1.807, 2.05) is 31.2 Å². The number of anilines is 1. The Morgan fingerprint density at radius 2 is 2.20 bits per heavy atom. The Bertz CT molecular complexity index is 676. The quantitative estimate of drug-likeness (QED) is 0.795. The van der Waals surface area contributed by atoms with Gasteiger partial charge in [0.15, 0.2) is 0 Å². The number of aromatic nitrogens is 1. The highest BCUT2D eigenvalue weighted by Crippen LogP contribution is 2.22. The maximum absolute atomic E-state index is 11.4. The Morgan fingerprint density at radius 1 is 1.45 bits per heavy atom. The van der Waals surface area contributed by atoms with Crippen molar-refractivity contribution in [2.24, 2.45) is 0 Å². The minimum Gasteiger partial charge on any atom is -0.468 e. The summed E-state index contributed by atoms with van der Waals surface area (Å²) in [6.45, 7) is 2.64. The average Bonchev–Trinajstić information content (AvgIpc) is 2.51. The van der Waals surface area contributed by atoms with Crippen LogP contribution in [-0.2, 0) is 9.53 Å². The molecule has 0 atom stereocenters. The van der Waals surface area contributed by atoms with Crippen molar-refractivity contribution in [1.82, 2.24) is 4.98 Å². The summed E-state index contributed by atoms with van der Waals surface area (Å²) in [5.41, 5.74) is 1.29. The van der Waals surface area contributed by atoms with E-state index >= 15 is 0 Å². The van der Waals surface area contributed by atoms with Gasteiger partial charge in [-0.15, -0.1) is 0 Å². The van der Waals surface area contributed by atoms with E-state index in [-0.39, 0.29) is 12.5 Å². The average molecular weight is 269 g/mol. The Balaban J connectivity index is 2.48. The van der Waals surface area contributed by atoms with E-state index in [2.05, 4.69) is 15.8 Å². The third kappa shape index (κ3) is 2.69. The zero-order chi connectivity index (χ0) is 14.5. The number of fused-ring (bicyclic) bond motifs is 1. The molecule has 0 radical (unpaired) electrons. The highest BCUT2D eigenvalue weighted by molar-refractivity contribution is 5.87. The lowest BCUT2D eigenvalue weighted by molar-refractivity contribution is -0.138. The third-order valence-electron chi connectivity index (χ3n) is 3.08. The van der Waals surface area contributed by atoms with Crippen LogP contribution in [0.4, 0.5) is 5.82 Å². The van der Waals surface area contributed by atoms with Gasteiger partial charge in [-0.2, -0.15) is 5.26 Å². The third-order valence-corrected chi connectivity index (χ3v) is 3.08. The number of esters is 1. The van der Waals surface area contributed by atoms with Crippen molar-refractivity contribution in [2.75, 3.05) is 25.1 Å². The monoisotopic (exact) mass is 269 g/mol. The van der Waals surface area contributed by atoms with Crippen molar-refractivity contribution in [1.29, 1.82) is 5.26 Å². The Kier molecular flexibility index (Phi) is 4.16. The number of likely N-dealkylation sites (N-methyl/N-ethyl adjacent to an activating group) is 1. The molecule has 102 valence electrons. The van der Waals surface area contributed by atoms with Crippen LogP contribution in [0.15, 0.2) is 30.3 Å². The number of nitrogens with zero attached hydrogens (tertiary/aromatic N) is 3. The number of methoxy groups -OCH3 is 1. The minimum absolute atomic E-state index is 0.114. The molecular weight excluding hydrogens is 254 g/mol. The van der Waals surface area contributed by atoms with Crippen molar-refractivity contribution < 1.29 is 9.53 Å². The molecule has 0 saturated carbocycles. The smallest absolute Gasteiger partial charge is 0.325 e. The molecule has 0 N–H and O–H groups in total. The number of pyridine rings is 1. The highest BCUT2D eigenvalue weighted by atomic mass is 16.5. The molecule has 0 fully saturated rings. The summed E-state index contributed by atoms with van der Waals surface area (Å²) in [7, 11) is 1.35. The van der Waals surface area contributed by atoms with E-state index < -0.39 is 0 Å². The number of carbonyl (C=O) groups excluding carboxylic acids is 1. The summed E-state index contributed by atoms with van der Waals surface area (Å²) in [4.78, 5) is 17.7. The van der Waals surface area contributed by atoms with E-state index in [0.717, 1.165) is 10.9 Å². The first-order valence-electron chi connectivity index (χ1n) is 6.31. The zero-order valence-electron chi connectivity index (χ0n) is 11.5. The Hall–Kier alpha value is -2.61. The number of hydrogen-bond acceptors (Lipinski definition) is 5. The van der Waals surface area contributed by atoms with E-state index in [1.54, 1.807) is 11.0 Å². The standard InChI is InChI=1S/C15H15N3O2/c1-3-18(10-15(19)20-2)14-8-11(9-16)12-6-4-5-7-13(12)17-14/h4-8H,3,10H2,1-2H3. The summed E-state index contributed by atoms with van der Waals surface area (Å²) < 4.78 is 4.67. The van der Waals surface area contributed by atoms with Crippen molar-refractivity contribution in [2.45, 2.75) is 6.92 Å². The molecule has 0 saturated heterocycles. The van der Waals surface area contributed by atoms with Crippen molar-refractivity contribution in [3.63, 3.8) is 0 Å². The predicted molar refractivity (Wildman–Crippen MR) is 76.4 cm³/mol. The topological polar surface area (TPSA) is 66.2 Å². The maximum atomic E-state index is 11.4. The van der Waals surface area contributed by atoms with Gasteiger partial charge in [0.05, 0.1) is 24.3 Å². The fourth-order valence-electron chi connectivity index (χ4n) is 1.99. The van der Waals surface area contributed by atoms with Crippen LogP contribution in [0.3, 0.4) is 0 Å². The first kappa shape index (κ1) is 13.8. The maximum Gasteiger partial charge on any atom is 0.325 e. The number of ether oxygens (including phenoxy) is 1. The second kappa shape index (κ2) is 6.02. The molecule has 5 nitrogen and oxygen atoms in total. The fraction of sp³-hybridized carbons (Fsp3) is 0.267. The number of para-hydroxylation sites is 1. The van der Waals surface area contributed by atoms with Crippen LogP contribution < -0.4 is 4.90 Å². The van der Waals surface area contributed by atoms with E-state index in [0.29, 0.717) is 17.9 Å². The van der Waals surface area contributed by atoms with Crippen LogP contribution in [0, 0.1) is 11.3 Å². The molecule has 1 aromatic heterocycles. The van der Waals surface area contributed by atoms with Crippen molar-refractivity contribution in [3.05, 3.63) is 35.9 Å². The summed E-state index contributed by atoms with van der Waals surface area (Å²) in [6, 6.07) is 11.3. The second-order valence-electron chi connectivity index (χ2n) is 4.25. The molecule has 0 bridgehead atoms. The molecule has 5 heteroatoms. The number of nitriles is 1. The minimum atomic E-state index is -0.333. The number of benzene rings is 1. The van der Waals surface area contributed by atoms with Crippen molar-refractivity contribution in [3.8, 4) is 6.07 Å². The van der Waals surface area contributed by atoms with Gasteiger partial charge < -0.3 is 9.64 Å². The van der Waals surface area contributed by atoms with Gasteiger partial charge in [-0.25, -0.2) is 4.98 Å². The van der Waals surface area contributed by atoms with E-state index in [4.69, 9.17) is 0 Å². The lowest BCUT2D eigenvalue weighted by atomic mass is 10.1. The lowest BCUT2D eigenvalue weighted by Gasteiger charge is -2.21. The molecule has 1 aromatic carbocycles. The number of rotatable bonds is 4. The molecule has 0 aliphatic rings. The molecule has 2 rings (SSSR count). The summed E-state index contributed by atoms with van der Waals surface area (Å²) in [6.07, 6.45) is 0. The van der Waals surface area contributed by atoms with Gasteiger partial charge in [-0.1, -0.05) is 18.2 Å². The van der Waals surface area contributed by atoms with Gasteiger partial charge in [-0.05, 0) is 19.1 Å². The predicted octanol–water partition coefficient (Wildman–Crippen LogP) is 2.11. The molecule has 0 aliphatic carbocycles. The zero-order valence-corrected chi connectivity index (χ0v) is 11.5. The summed E-state index contributed by atoms with van der Waals surface area (Å²) in [5, 5.41) is 10.1. The first-order valence-corrected chi connectivity index (χ1v) is 6.31. The van der Waals surface area contributed by atoms with Gasteiger partial charge >= 0.3 is 5.97 Å². The SMILES string of the molecule is CCN(CC(=O)OC)c1cc(C#N)c2ccccc2n1.